The SMILES string of the molecule is O=C(Nc1ccc(NC(=O)c2ccc(F)cc2Cl)c(Cl)c1)c1ccccn1. The standard InChI is InChI=1S/C19H12Cl2FN3O2/c20-14-9-11(22)4-6-13(14)18(26)25-16-7-5-12(10-15(16)21)24-19(27)17-3-1-2-8-23-17/h1-10H,(H,24,27)(H,25,26). The van der Waals surface area contributed by atoms with Crippen molar-refractivity contribution in [2.45, 2.75) is 0 Å². The number of rotatable bonds is 4. The number of hydrogen-bond acceptors (Lipinski definition) is 3. The molecule has 0 fully saturated rings. The third-order valence-corrected chi connectivity index (χ3v) is 4.17. The summed E-state index contributed by atoms with van der Waals surface area (Å²) >= 11 is 12.1. The van der Waals surface area contributed by atoms with Gasteiger partial charge in [-0.2, -0.15) is 0 Å². The Kier molecular flexibility index (Phi) is 5.69. The zero-order valence-corrected chi connectivity index (χ0v) is 15.2. The highest BCUT2D eigenvalue weighted by Gasteiger charge is 2.14. The molecule has 1 aromatic heterocycles. The second-order valence-electron chi connectivity index (χ2n) is 5.44. The molecule has 3 aromatic rings. The van der Waals surface area contributed by atoms with E-state index < -0.39 is 11.7 Å². The lowest BCUT2D eigenvalue weighted by Gasteiger charge is -2.11. The van der Waals surface area contributed by atoms with Crippen LogP contribution in [0.2, 0.25) is 10.0 Å². The Morgan fingerprint density at radius 1 is 0.889 bits per heavy atom. The van der Waals surface area contributed by atoms with Crippen LogP contribution in [0.25, 0.3) is 0 Å². The van der Waals surface area contributed by atoms with E-state index in [2.05, 4.69) is 15.6 Å². The molecule has 8 heteroatoms. The Hall–Kier alpha value is -2.96. The third-order valence-electron chi connectivity index (χ3n) is 3.55. The molecule has 0 saturated heterocycles. The van der Waals surface area contributed by atoms with Gasteiger partial charge in [0.25, 0.3) is 11.8 Å². The van der Waals surface area contributed by atoms with Gasteiger partial charge in [0, 0.05) is 11.9 Å². The van der Waals surface area contributed by atoms with E-state index >= 15 is 0 Å². The summed E-state index contributed by atoms with van der Waals surface area (Å²) in [6.45, 7) is 0. The predicted octanol–water partition coefficient (Wildman–Crippen LogP) is 5.03. The van der Waals surface area contributed by atoms with Crippen molar-refractivity contribution in [3.05, 3.63) is 87.9 Å². The van der Waals surface area contributed by atoms with Crippen molar-refractivity contribution < 1.29 is 14.0 Å². The lowest BCUT2D eigenvalue weighted by atomic mass is 10.2. The molecule has 0 aliphatic heterocycles. The highest BCUT2D eigenvalue weighted by molar-refractivity contribution is 6.36. The van der Waals surface area contributed by atoms with Gasteiger partial charge >= 0.3 is 0 Å². The number of nitrogens with one attached hydrogen (secondary N) is 2. The monoisotopic (exact) mass is 403 g/mol. The molecule has 0 unspecified atom stereocenters. The summed E-state index contributed by atoms with van der Waals surface area (Å²) in [5, 5.41) is 5.46. The zero-order chi connectivity index (χ0) is 19.4. The van der Waals surface area contributed by atoms with E-state index in [4.69, 9.17) is 23.2 Å². The van der Waals surface area contributed by atoms with Crippen LogP contribution in [0.3, 0.4) is 0 Å². The van der Waals surface area contributed by atoms with Gasteiger partial charge in [-0.1, -0.05) is 29.3 Å². The highest BCUT2D eigenvalue weighted by atomic mass is 35.5. The molecule has 0 radical (unpaired) electrons. The van der Waals surface area contributed by atoms with Crippen LogP contribution in [0.1, 0.15) is 20.8 Å². The molecule has 0 aliphatic rings. The van der Waals surface area contributed by atoms with Crippen LogP contribution in [-0.2, 0) is 0 Å². The summed E-state index contributed by atoms with van der Waals surface area (Å²) in [5.41, 5.74) is 1.13. The van der Waals surface area contributed by atoms with Crippen molar-refractivity contribution in [2.75, 3.05) is 10.6 Å². The molecule has 2 aromatic carbocycles. The average molecular weight is 404 g/mol. The van der Waals surface area contributed by atoms with Crippen LogP contribution < -0.4 is 10.6 Å². The number of halogens is 3. The summed E-state index contributed by atoms with van der Waals surface area (Å²) in [6, 6.07) is 13.1. The minimum Gasteiger partial charge on any atom is -0.321 e. The molecule has 136 valence electrons. The van der Waals surface area contributed by atoms with Crippen molar-refractivity contribution in [1.29, 1.82) is 0 Å². The minimum atomic E-state index is -0.539. The van der Waals surface area contributed by atoms with Gasteiger partial charge in [-0.25, -0.2) is 4.39 Å². The Labute approximate surface area is 164 Å². The van der Waals surface area contributed by atoms with Crippen LogP contribution in [0, 0.1) is 5.82 Å². The van der Waals surface area contributed by atoms with E-state index in [1.807, 2.05) is 0 Å². The second kappa shape index (κ2) is 8.16. The minimum absolute atomic E-state index is 0.0112. The normalized spacial score (nSPS) is 10.3. The molecule has 0 saturated carbocycles. The fourth-order valence-corrected chi connectivity index (χ4v) is 2.73. The predicted molar refractivity (Wildman–Crippen MR) is 103 cm³/mol. The maximum absolute atomic E-state index is 13.1. The Morgan fingerprint density at radius 3 is 2.37 bits per heavy atom. The molecular weight excluding hydrogens is 392 g/mol. The van der Waals surface area contributed by atoms with Crippen LogP contribution >= 0.6 is 23.2 Å². The van der Waals surface area contributed by atoms with E-state index in [1.165, 1.54) is 24.4 Å². The number of hydrogen-bond donors (Lipinski definition) is 2. The van der Waals surface area contributed by atoms with E-state index in [9.17, 15) is 14.0 Å². The Bertz CT molecular complexity index is 1010. The van der Waals surface area contributed by atoms with Crippen LogP contribution in [0.4, 0.5) is 15.8 Å². The summed E-state index contributed by atoms with van der Waals surface area (Å²) in [7, 11) is 0. The summed E-state index contributed by atoms with van der Waals surface area (Å²) in [5.74, 6) is -1.46. The zero-order valence-electron chi connectivity index (χ0n) is 13.7. The fraction of sp³-hybridized carbons (Fsp3) is 0. The summed E-state index contributed by atoms with van der Waals surface area (Å²) in [6.07, 6.45) is 1.51. The number of amides is 2. The van der Waals surface area contributed by atoms with Gasteiger partial charge in [0.1, 0.15) is 11.5 Å². The first-order valence-corrected chi connectivity index (χ1v) is 8.48. The second-order valence-corrected chi connectivity index (χ2v) is 6.26. The van der Waals surface area contributed by atoms with Gasteiger partial charge < -0.3 is 10.6 Å². The lowest BCUT2D eigenvalue weighted by Crippen LogP contribution is -2.14. The van der Waals surface area contributed by atoms with Gasteiger partial charge in [-0.05, 0) is 48.5 Å². The third kappa shape index (κ3) is 4.61. The van der Waals surface area contributed by atoms with Crippen molar-refractivity contribution in [3.63, 3.8) is 0 Å². The summed E-state index contributed by atoms with van der Waals surface area (Å²) in [4.78, 5) is 28.4. The van der Waals surface area contributed by atoms with Crippen molar-refractivity contribution in [2.24, 2.45) is 0 Å². The first-order valence-electron chi connectivity index (χ1n) is 7.72. The van der Waals surface area contributed by atoms with Gasteiger partial charge in [0.15, 0.2) is 0 Å². The topological polar surface area (TPSA) is 71.1 Å². The molecule has 0 spiro atoms. The molecule has 0 atom stereocenters. The smallest absolute Gasteiger partial charge is 0.274 e. The molecule has 3 rings (SSSR count). The van der Waals surface area contributed by atoms with Crippen molar-refractivity contribution in [1.82, 2.24) is 4.98 Å². The number of nitrogens with zero attached hydrogens (tertiary/aromatic N) is 1. The number of anilines is 2. The van der Waals surface area contributed by atoms with E-state index in [0.29, 0.717) is 11.4 Å². The first kappa shape index (κ1) is 18.8. The van der Waals surface area contributed by atoms with Crippen molar-refractivity contribution >= 4 is 46.4 Å². The average Bonchev–Trinajstić information content (AvgIpc) is 2.64. The van der Waals surface area contributed by atoms with Crippen LogP contribution in [-0.4, -0.2) is 16.8 Å². The molecule has 0 bridgehead atoms. The van der Waals surface area contributed by atoms with Gasteiger partial charge in [-0.15, -0.1) is 0 Å². The highest BCUT2D eigenvalue weighted by Crippen LogP contribution is 2.27. The number of carbonyl (C=O) groups is 2. The number of aromatic nitrogens is 1. The quantitative estimate of drug-likeness (QED) is 0.641. The first-order chi connectivity index (χ1) is 12.9. The largest absolute Gasteiger partial charge is 0.321 e. The molecule has 2 amide bonds. The Morgan fingerprint density at radius 2 is 1.70 bits per heavy atom. The molecule has 0 aliphatic carbocycles. The maximum Gasteiger partial charge on any atom is 0.274 e. The van der Waals surface area contributed by atoms with Crippen LogP contribution in [0.5, 0.6) is 0 Å². The lowest BCUT2D eigenvalue weighted by molar-refractivity contribution is 0.101. The Balaban J connectivity index is 1.73. The van der Waals surface area contributed by atoms with E-state index in [0.717, 1.165) is 12.1 Å². The number of benzene rings is 2. The summed E-state index contributed by atoms with van der Waals surface area (Å²) < 4.78 is 13.1. The molecule has 5 nitrogen and oxygen atoms in total. The van der Waals surface area contributed by atoms with E-state index in [1.54, 1.807) is 24.3 Å². The van der Waals surface area contributed by atoms with E-state index in [-0.39, 0.29) is 27.2 Å². The fourth-order valence-electron chi connectivity index (χ4n) is 2.25. The number of carbonyl (C=O) groups excluding carboxylic acids is 2. The van der Waals surface area contributed by atoms with Gasteiger partial charge in [-0.3, -0.25) is 14.6 Å². The molecular formula is C19H12Cl2FN3O2. The molecule has 2 N–H and O–H groups in total. The van der Waals surface area contributed by atoms with Gasteiger partial charge in [0.2, 0.25) is 0 Å². The van der Waals surface area contributed by atoms with Gasteiger partial charge in [0.05, 0.1) is 21.3 Å². The molecule has 27 heavy (non-hydrogen) atoms. The van der Waals surface area contributed by atoms with Crippen molar-refractivity contribution in [3.8, 4) is 0 Å². The number of pyridine rings is 1. The molecule has 1 heterocycles. The van der Waals surface area contributed by atoms with Crippen LogP contribution in [0.15, 0.2) is 60.8 Å². The maximum atomic E-state index is 13.1.